The van der Waals surface area contributed by atoms with Crippen molar-refractivity contribution in [3.63, 3.8) is 0 Å². The zero-order valence-electron chi connectivity index (χ0n) is 12.2. The van der Waals surface area contributed by atoms with Crippen LogP contribution < -0.4 is 5.32 Å². The summed E-state index contributed by atoms with van der Waals surface area (Å²) >= 11 is 0. The standard InChI is InChI=1S/C16H20FNO3/c1-16(9-6-14(19)18-16)10-7-15(20)21-11-8-12-2-4-13(17)5-3-12/h2-5H,6-11H2,1H3,(H,18,19)/t16-/m1/s1. The highest BCUT2D eigenvalue weighted by Crippen LogP contribution is 2.24. The Bertz CT molecular complexity index is 515. The van der Waals surface area contributed by atoms with Crippen LogP contribution in [0.4, 0.5) is 4.39 Å². The van der Waals surface area contributed by atoms with Crippen molar-refractivity contribution in [2.45, 2.75) is 44.6 Å². The van der Waals surface area contributed by atoms with Gasteiger partial charge in [-0.1, -0.05) is 12.1 Å². The van der Waals surface area contributed by atoms with Gasteiger partial charge in [0.05, 0.1) is 6.61 Å². The highest BCUT2D eigenvalue weighted by atomic mass is 19.1. The number of halogens is 1. The molecule has 21 heavy (non-hydrogen) atoms. The van der Waals surface area contributed by atoms with Crippen molar-refractivity contribution >= 4 is 11.9 Å². The maximum absolute atomic E-state index is 12.7. The van der Waals surface area contributed by atoms with Gasteiger partial charge in [-0.3, -0.25) is 9.59 Å². The molecule has 0 saturated carbocycles. The van der Waals surface area contributed by atoms with Crippen LogP contribution in [0.15, 0.2) is 24.3 Å². The summed E-state index contributed by atoms with van der Waals surface area (Å²) in [6, 6.07) is 6.14. The molecule has 0 bridgehead atoms. The third kappa shape index (κ3) is 4.85. The molecule has 0 radical (unpaired) electrons. The molecule has 1 aliphatic heterocycles. The first-order valence-electron chi connectivity index (χ1n) is 7.18. The average molecular weight is 293 g/mol. The van der Waals surface area contributed by atoms with Crippen LogP contribution in [0.3, 0.4) is 0 Å². The van der Waals surface area contributed by atoms with Gasteiger partial charge in [-0.05, 0) is 37.5 Å². The molecule has 1 amide bonds. The van der Waals surface area contributed by atoms with Crippen molar-refractivity contribution in [2.24, 2.45) is 0 Å². The molecule has 0 aliphatic carbocycles. The zero-order valence-corrected chi connectivity index (χ0v) is 12.2. The molecular formula is C16H20FNO3. The Morgan fingerprint density at radius 1 is 1.38 bits per heavy atom. The summed E-state index contributed by atoms with van der Waals surface area (Å²) in [5, 5.41) is 2.89. The summed E-state index contributed by atoms with van der Waals surface area (Å²) < 4.78 is 17.9. The first-order valence-corrected chi connectivity index (χ1v) is 7.18. The lowest BCUT2D eigenvalue weighted by atomic mass is 9.94. The summed E-state index contributed by atoms with van der Waals surface area (Å²) in [6.07, 6.45) is 2.74. The Labute approximate surface area is 123 Å². The molecule has 5 heteroatoms. The van der Waals surface area contributed by atoms with Gasteiger partial charge < -0.3 is 10.1 Å². The van der Waals surface area contributed by atoms with E-state index in [1.54, 1.807) is 12.1 Å². The van der Waals surface area contributed by atoms with Crippen LogP contribution in [0, 0.1) is 5.82 Å². The Morgan fingerprint density at radius 2 is 2.10 bits per heavy atom. The molecule has 1 fully saturated rings. The van der Waals surface area contributed by atoms with E-state index in [4.69, 9.17) is 4.74 Å². The van der Waals surface area contributed by atoms with Crippen LogP contribution in [0.25, 0.3) is 0 Å². The van der Waals surface area contributed by atoms with Gasteiger partial charge in [0.15, 0.2) is 0 Å². The summed E-state index contributed by atoms with van der Waals surface area (Å²) in [4.78, 5) is 22.9. The molecule has 4 nitrogen and oxygen atoms in total. The van der Waals surface area contributed by atoms with Crippen molar-refractivity contribution < 1.29 is 18.7 Å². The summed E-state index contributed by atoms with van der Waals surface area (Å²) in [6.45, 7) is 2.23. The van der Waals surface area contributed by atoms with E-state index in [1.807, 2.05) is 6.92 Å². The van der Waals surface area contributed by atoms with E-state index in [-0.39, 0.29) is 29.8 Å². The predicted octanol–water partition coefficient (Wildman–Crippen LogP) is 2.36. The van der Waals surface area contributed by atoms with E-state index in [0.717, 1.165) is 12.0 Å². The number of carbonyl (C=O) groups is 2. The quantitative estimate of drug-likeness (QED) is 0.819. The average Bonchev–Trinajstić information content (AvgIpc) is 2.79. The van der Waals surface area contributed by atoms with Gasteiger partial charge in [0.25, 0.3) is 0 Å². The van der Waals surface area contributed by atoms with Gasteiger partial charge in [0, 0.05) is 24.8 Å². The lowest BCUT2D eigenvalue weighted by Gasteiger charge is -2.23. The van der Waals surface area contributed by atoms with Gasteiger partial charge in [0.1, 0.15) is 5.82 Å². The normalized spacial score (nSPS) is 21.1. The van der Waals surface area contributed by atoms with Crippen LogP contribution in [0.5, 0.6) is 0 Å². The number of nitrogens with one attached hydrogen (secondary N) is 1. The number of rotatable bonds is 6. The second-order valence-electron chi connectivity index (χ2n) is 5.71. The Morgan fingerprint density at radius 3 is 2.71 bits per heavy atom. The van der Waals surface area contributed by atoms with Crippen LogP contribution in [0.1, 0.15) is 38.2 Å². The van der Waals surface area contributed by atoms with Crippen molar-refractivity contribution in [2.75, 3.05) is 6.61 Å². The Hall–Kier alpha value is -1.91. The largest absolute Gasteiger partial charge is 0.465 e. The van der Waals surface area contributed by atoms with Crippen LogP contribution in [-0.2, 0) is 20.7 Å². The van der Waals surface area contributed by atoms with Crippen molar-refractivity contribution in [1.29, 1.82) is 0 Å². The molecule has 0 spiro atoms. The highest BCUT2D eigenvalue weighted by Gasteiger charge is 2.33. The van der Waals surface area contributed by atoms with Crippen molar-refractivity contribution in [1.82, 2.24) is 5.32 Å². The molecule has 1 aromatic carbocycles. The fraction of sp³-hybridized carbons (Fsp3) is 0.500. The summed E-state index contributed by atoms with van der Waals surface area (Å²) in [5.74, 6) is -0.496. The molecule has 1 aromatic rings. The maximum Gasteiger partial charge on any atom is 0.305 e. The number of ether oxygens (including phenoxy) is 1. The van der Waals surface area contributed by atoms with Gasteiger partial charge >= 0.3 is 5.97 Å². The minimum absolute atomic E-state index is 0.0437. The van der Waals surface area contributed by atoms with Crippen LogP contribution >= 0.6 is 0 Å². The summed E-state index contributed by atoms with van der Waals surface area (Å²) in [5.41, 5.74) is 0.645. The van der Waals surface area contributed by atoms with E-state index in [9.17, 15) is 14.0 Å². The lowest BCUT2D eigenvalue weighted by molar-refractivity contribution is -0.144. The monoisotopic (exact) mass is 293 g/mol. The molecule has 1 heterocycles. The fourth-order valence-corrected chi connectivity index (χ4v) is 2.42. The van der Waals surface area contributed by atoms with Gasteiger partial charge in [-0.15, -0.1) is 0 Å². The third-order valence-electron chi connectivity index (χ3n) is 3.79. The molecule has 1 N–H and O–H groups in total. The highest BCUT2D eigenvalue weighted by molar-refractivity contribution is 5.79. The molecule has 1 aliphatic rings. The first kappa shape index (κ1) is 15.5. The number of esters is 1. The molecule has 2 rings (SSSR count). The second-order valence-corrected chi connectivity index (χ2v) is 5.71. The smallest absolute Gasteiger partial charge is 0.305 e. The van der Waals surface area contributed by atoms with Crippen molar-refractivity contribution in [3.05, 3.63) is 35.6 Å². The zero-order chi connectivity index (χ0) is 15.3. The second kappa shape index (κ2) is 6.70. The van der Waals surface area contributed by atoms with Gasteiger partial charge in [0.2, 0.25) is 5.91 Å². The number of hydrogen-bond acceptors (Lipinski definition) is 3. The third-order valence-corrected chi connectivity index (χ3v) is 3.79. The Kier molecular flexibility index (Phi) is 4.94. The first-order chi connectivity index (χ1) is 9.97. The molecular weight excluding hydrogens is 273 g/mol. The molecule has 114 valence electrons. The maximum atomic E-state index is 12.7. The predicted molar refractivity (Wildman–Crippen MR) is 76.1 cm³/mol. The lowest BCUT2D eigenvalue weighted by Crippen LogP contribution is -2.38. The Balaban J connectivity index is 1.66. The van der Waals surface area contributed by atoms with Crippen LogP contribution in [0.2, 0.25) is 0 Å². The molecule has 1 atom stereocenters. The van der Waals surface area contributed by atoms with E-state index in [0.29, 0.717) is 25.7 Å². The number of benzene rings is 1. The van der Waals surface area contributed by atoms with Crippen molar-refractivity contribution in [3.8, 4) is 0 Å². The van der Waals surface area contributed by atoms with Gasteiger partial charge in [-0.25, -0.2) is 4.39 Å². The minimum atomic E-state index is -0.285. The number of carbonyl (C=O) groups excluding carboxylic acids is 2. The topological polar surface area (TPSA) is 55.4 Å². The molecule has 0 aromatic heterocycles. The molecule has 1 saturated heterocycles. The number of hydrogen-bond donors (Lipinski definition) is 1. The van der Waals surface area contributed by atoms with E-state index in [2.05, 4.69) is 5.32 Å². The van der Waals surface area contributed by atoms with E-state index >= 15 is 0 Å². The van der Waals surface area contributed by atoms with E-state index < -0.39 is 0 Å². The molecule has 0 unspecified atom stereocenters. The van der Waals surface area contributed by atoms with Gasteiger partial charge in [-0.2, -0.15) is 0 Å². The van der Waals surface area contributed by atoms with Crippen LogP contribution in [-0.4, -0.2) is 24.0 Å². The minimum Gasteiger partial charge on any atom is -0.465 e. The number of amides is 1. The fourth-order valence-electron chi connectivity index (χ4n) is 2.42. The SMILES string of the molecule is C[C@]1(CCC(=O)OCCc2ccc(F)cc2)CCC(=O)N1. The summed E-state index contributed by atoms with van der Waals surface area (Å²) in [7, 11) is 0. The van der Waals surface area contributed by atoms with E-state index in [1.165, 1.54) is 12.1 Å².